The fourth-order valence-corrected chi connectivity index (χ4v) is 0.679. The third-order valence-electron chi connectivity index (χ3n) is 1.01. The Balaban J connectivity index is 3.85. The smallest absolute Gasteiger partial charge is 0.0804 e. The van der Waals surface area contributed by atoms with Gasteiger partial charge in [-0.3, -0.25) is 9.98 Å². The predicted octanol–water partition coefficient (Wildman–Crippen LogP) is 1.88. The summed E-state index contributed by atoms with van der Waals surface area (Å²) in [6.07, 6.45) is 3.73. The summed E-state index contributed by atoms with van der Waals surface area (Å²) in [4.78, 5) is 8.11. The summed E-state index contributed by atoms with van der Waals surface area (Å²) in [6, 6.07) is 0. The molecule has 2 nitrogen and oxygen atoms in total. The van der Waals surface area contributed by atoms with E-state index < -0.39 is 0 Å². The average molecular weight is 156 g/mol. The second kappa shape index (κ2) is 6.63. The van der Waals surface area contributed by atoms with E-state index in [2.05, 4.69) is 19.2 Å². The van der Waals surface area contributed by atoms with E-state index in [0.29, 0.717) is 6.54 Å². The van der Waals surface area contributed by atoms with Crippen molar-refractivity contribution in [3.8, 4) is 0 Å². The third-order valence-corrected chi connectivity index (χ3v) is 1.16. The average Bonchev–Trinajstić information content (AvgIpc) is 1.98. The molecule has 0 aliphatic carbocycles. The fraction of sp³-hybridized carbons (Fsp3) is 0.429. The van der Waals surface area contributed by atoms with Crippen molar-refractivity contribution in [2.75, 3.05) is 6.54 Å². The molecule has 0 rings (SSSR count). The minimum absolute atomic E-state index is 0.678. The van der Waals surface area contributed by atoms with Crippen LogP contribution in [0.15, 0.2) is 21.8 Å². The zero-order valence-corrected chi connectivity index (χ0v) is 7.57. The highest BCUT2D eigenvalue weighted by molar-refractivity contribution is 7.36. The quantitative estimate of drug-likeness (QED) is 0.440. The van der Waals surface area contributed by atoms with E-state index in [1.165, 1.54) is 0 Å². The Morgan fingerprint density at radius 2 is 2.20 bits per heavy atom. The topological polar surface area (TPSA) is 24.7 Å². The predicted molar refractivity (Wildman–Crippen MR) is 51.0 cm³/mol. The highest BCUT2D eigenvalue weighted by atomic mass is 31.0. The monoisotopic (exact) mass is 156 g/mol. The maximum absolute atomic E-state index is 4.07. The molecule has 0 spiro atoms. The first kappa shape index (κ1) is 9.51. The van der Waals surface area contributed by atoms with Crippen molar-refractivity contribution in [3.05, 3.63) is 11.8 Å². The molecule has 0 radical (unpaired) electrons. The zero-order valence-electron chi connectivity index (χ0n) is 6.41. The number of rotatable bonds is 3. The summed E-state index contributed by atoms with van der Waals surface area (Å²) in [7, 11) is 2.43. The first-order valence-corrected chi connectivity index (χ1v) is 3.85. The number of aliphatic imine (C=N–C) groups is 2. The second-order valence-electron chi connectivity index (χ2n) is 1.66. The number of hydrogen-bond acceptors (Lipinski definition) is 2. The van der Waals surface area contributed by atoms with Crippen molar-refractivity contribution in [3.63, 3.8) is 0 Å². The molecule has 0 saturated carbocycles. The van der Waals surface area contributed by atoms with Crippen LogP contribution >= 0.6 is 9.24 Å². The molecule has 56 valence electrons. The summed E-state index contributed by atoms with van der Waals surface area (Å²) in [6.45, 7) is 4.54. The van der Waals surface area contributed by atoms with Crippen LogP contribution in [-0.4, -0.2) is 18.7 Å². The molecule has 0 fully saturated rings. The maximum atomic E-state index is 4.07. The van der Waals surface area contributed by atoms with Crippen LogP contribution in [0.5, 0.6) is 0 Å². The van der Waals surface area contributed by atoms with E-state index in [1.807, 2.05) is 19.9 Å². The first-order chi connectivity index (χ1) is 4.85. The van der Waals surface area contributed by atoms with E-state index in [4.69, 9.17) is 0 Å². The van der Waals surface area contributed by atoms with Gasteiger partial charge in [0, 0.05) is 5.96 Å². The van der Waals surface area contributed by atoms with Crippen molar-refractivity contribution in [2.24, 2.45) is 9.98 Å². The van der Waals surface area contributed by atoms with Gasteiger partial charge in [0.1, 0.15) is 0 Å². The largest absolute Gasteiger partial charge is 0.291 e. The highest BCUT2D eigenvalue weighted by Gasteiger charge is 1.85. The van der Waals surface area contributed by atoms with Gasteiger partial charge in [0.05, 0.1) is 12.2 Å². The standard InChI is InChI=1S/C7H13N2P/c1-3-7(9-6-10)5-8-4-2/h3-4,6H,5,10H2,1-2H3/b7-3-,8-4?,9-6?. The Labute approximate surface area is 64.4 Å². The second-order valence-corrected chi connectivity index (χ2v) is 1.96. The zero-order chi connectivity index (χ0) is 7.82. The molecule has 1 atom stereocenters. The Kier molecular flexibility index (Phi) is 6.30. The molecule has 0 saturated heterocycles. The van der Waals surface area contributed by atoms with Crippen LogP contribution in [0.1, 0.15) is 13.8 Å². The molecule has 0 bridgehead atoms. The Hall–Kier alpha value is -0.490. The van der Waals surface area contributed by atoms with Gasteiger partial charge in [-0.1, -0.05) is 15.3 Å². The molecule has 10 heavy (non-hydrogen) atoms. The summed E-state index contributed by atoms with van der Waals surface area (Å²) >= 11 is 0. The van der Waals surface area contributed by atoms with Crippen molar-refractivity contribution >= 4 is 21.4 Å². The molecule has 3 heteroatoms. The minimum atomic E-state index is 0.678. The Morgan fingerprint density at radius 1 is 1.50 bits per heavy atom. The van der Waals surface area contributed by atoms with Gasteiger partial charge in [-0.2, -0.15) is 0 Å². The van der Waals surface area contributed by atoms with Crippen LogP contribution in [0.4, 0.5) is 0 Å². The van der Waals surface area contributed by atoms with Crippen molar-refractivity contribution in [1.29, 1.82) is 0 Å². The van der Waals surface area contributed by atoms with Gasteiger partial charge in [0.2, 0.25) is 0 Å². The lowest BCUT2D eigenvalue weighted by molar-refractivity contribution is 1.11. The van der Waals surface area contributed by atoms with Crippen LogP contribution < -0.4 is 0 Å². The molecule has 0 aromatic carbocycles. The van der Waals surface area contributed by atoms with Crippen LogP contribution in [-0.2, 0) is 0 Å². The summed E-state index contributed by atoms with van der Waals surface area (Å²) in [5.74, 6) is 1.69. The van der Waals surface area contributed by atoms with Gasteiger partial charge < -0.3 is 0 Å². The lowest BCUT2D eigenvalue weighted by atomic mass is 10.4. The molecular weight excluding hydrogens is 143 g/mol. The molecule has 0 heterocycles. The van der Waals surface area contributed by atoms with Gasteiger partial charge in [-0.05, 0) is 20.1 Å². The number of allylic oxidation sites excluding steroid dienone is 1. The van der Waals surface area contributed by atoms with E-state index >= 15 is 0 Å². The van der Waals surface area contributed by atoms with Gasteiger partial charge in [-0.25, -0.2) is 0 Å². The SMILES string of the molecule is CC=NC/C(=C/C)N=CP. The normalized spacial score (nSPS) is 13.7. The van der Waals surface area contributed by atoms with Crippen LogP contribution in [0, 0.1) is 0 Å². The Morgan fingerprint density at radius 3 is 2.60 bits per heavy atom. The molecule has 0 aromatic rings. The van der Waals surface area contributed by atoms with Gasteiger partial charge >= 0.3 is 0 Å². The lowest BCUT2D eigenvalue weighted by Crippen LogP contribution is -1.83. The molecule has 0 N–H and O–H groups in total. The van der Waals surface area contributed by atoms with Gasteiger partial charge in [0.25, 0.3) is 0 Å². The molecule has 1 unspecified atom stereocenters. The number of hydrogen-bond donors (Lipinski definition) is 0. The van der Waals surface area contributed by atoms with Crippen LogP contribution in [0.25, 0.3) is 0 Å². The first-order valence-electron chi connectivity index (χ1n) is 3.19. The molecule has 0 aromatic heterocycles. The van der Waals surface area contributed by atoms with Crippen LogP contribution in [0.2, 0.25) is 0 Å². The minimum Gasteiger partial charge on any atom is -0.291 e. The van der Waals surface area contributed by atoms with Gasteiger partial charge in [-0.15, -0.1) is 0 Å². The molecule has 0 aliphatic rings. The molecular formula is C7H13N2P. The fourth-order valence-electron chi connectivity index (χ4n) is 0.487. The Bertz CT molecular complexity index is 159. The maximum Gasteiger partial charge on any atom is 0.0804 e. The van der Waals surface area contributed by atoms with Crippen molar-refractivity contribution < 1.29 is 0 Å². The third kappa shape index (κ3) is 4.39. The summed E-state index contributed by atoms with van der Waals surface area (Å²) in [5, 5.41) is 0. The lowest BCUT2D eigenvalue weighted by Gasteiger charge is -1.92. The molecule has 0 aliphatic heterocycles. The number of nitrogens with zero attached hydrogens (tertiary/aromatic N) is 2. The van der Waals surface area contributed by atoms with Crippen molar-refractivity contribution in [1.82, 2.24) is 0 Å². The summed E-state index contributed by atoms with van der Waals surface area (Å²) in [5.41, 5.74) is 0.994. The highest BCUT2D eigenvalue weighted by Crippen LogP contribution is 1.96. The summed E-state index contributed by atoms with van der Waals surface area (Å²) < 4.78 is 0. The van der Waals surface area contributed by atoms with E-state index in [-0.39, 0.29) is 0 Å². The van der Waals surface area contributed by atoms with Gasteiger partial charge in [0.15, 0.2) is 0 Å². The van der Waals surface area contributed by atoms with E-state index in [1.54, 1.807) is 12.2 Å². The van der Waals surface area contributed by atoms with Crippen LogP contribution in [0.3, 0.4) is 0 Å². The van der Waals surface area contributed by atoms with E-state index in [9.17, 15) is 0 Å². The van der Waals surface area contributed by atoms with E-state index in [0.717, 1.165) is 5.70 Å². The van der Waals surface area contributed by atoms with Crippen molar-refractivity contribution in [2.45, 2.75) is 13.8 Å². The molecule has 0 amide bonds.